The third-order valence-corrected chi connectivity index (χ3v) is 3.67. The Morgan fingerprint density at radius 3 is 3.06 bits per heavy atom. The molecule has 18 heavy (non-hydrogen) atoms. The number of carbonyl (C=O) groups is 1. The maximum Gasteiger partial charge on any atom is 0.307 e. The van der Waals surface area contributed by atoms with Gasteiger partial charge in [0.2, 0.25) is 0 Å². The molecule has 2 aromatic rings. The number of carboxylic acid groups (broad SMARTS) is 1. The van der Waals surface area contributed by atoms with E-state index in [1.807, 2.05) is 19.1 Å². The van der Waals surface area contributed by atoms with Gasteiger partial charge in [-0.15, -0.1) is 0 Å². The highest BCUT2D eigenvalue weighted by Crippen LogP contribution is 2.30. The molecule has 1 aromatic carbocycles. The van der Waals surface area contributed by atoms with Gasteiger partial charge in [0.25, 0.3) is 0 Å². The van der Waals surface area contributed by atoms with Crippen LogP contribution in [0.5, 0.6) is 0 Å². The van der Waals surface area contributed by atoms with Crippen LogP contribution in [-0.4, -0.2) is 17.6 Å². The van der Waals surface area contributed by atoms with Crippen LogP contribution in [0.1, 0.15) is 23.6 Å². The van der Waals surface area contributed by atoms with E-state index in [4.69, 9.17) is 9.52 Å². The summed E-state index contributed by atoms with van der Waals surface area (Å²) in [5.41, 5.74) is 3.12. The largest absolute Gasteiger partial charge is 0.481 e. The van der Waals surface area contributed by atoms with Crippen LogP contribution >= 0.6 is 0 Å². The van der Waals surface area contributed by atoms with E-state index < -0.39 is 5.97 Å². The number of carboxylic acids is 1. The molecule has 1 aliphatic rings. The molecule has 1 aliphatic heterocycles. The van der Waals surface area contributed by atoms with Gasteiger partial charge < -0.3 is 14.8 Å². The lowest BCUT2D eigenvalue weighted by Gasteiger charge is -2.10. The van der Waals surface area contributed by atoms with Crippen molar-refractivity contribution < 1.29 is 14.3 Å². The summed E-state index contributed by atoms with van der Waals surface area (Å²) in [5, 5.41) is 13.4. The molecule has 0 saturated carbocycles. The maximum atomic E-state index is 10.9. The topological polar surface area (TPSA) is 62.5 Å². The third-order valence-electron chi connectivity index (χ3n) is 3.67. The summed E-state index contributed by atoms with van der Waals surface area (Å²) in [5.74, 6) is -0.998. The van der Waals surface area contributed by atoms with Crippen molar-refractivity contribution in [1.82, 2.24) is 5.32 Å². The predicted octanol–water partition coefficient (Wildman–Crippen LogP) is 2.48. The Hall–Kier alpha value is -1.81. The Kier molecular flexibility index (Phi) is 2.59. The molecular formula is C14H15NO3. The van der Waals surface area contributed by atoms with Gasteiger partial charge in [0, 0.05) is 18.0 Å². The number of benzene rings is 1. The van der Waals surface area contributed by atoms with Crippen LogP contribution in [0.3, 0.4) is 0 Å². The lowest BCUT2D eigenvalue weighted by atomic mass is 9.99. The molecule has 3 rings (SSSR count). The Morgan fingerprint density at radius 2 is 2.33 bits per heavy atom. The summed E-state index contributed by atoms with van der Waals surface area (Å²) in [7, 11) is 0. The summed E-state index contributed by atoms with van der Waals surface area (Å²) in [6.45, 7) is 2.56. The van der Waals surface area contributed by atoms with E-state index in [0.717, 1.165) is 22.1 Å². The first kappa shape index (κ1) is 11.3. The number of aryl methyl sites for hydroxylation is 1. The van der Waals surface area contributed by atoms with Gasteiger partial charge in [-0.1, -0.05) is 6.07 Å². The second-order valence-corrected chi connectivity index (χ2v) is 4.91. The highest BCUT2D eigenvalue weighted by Gasteiger charge is 2.30. The Bertz CT molecular complexity index is 602. The summed E-state index contributed by atoms with van der Waals surface area (Å²) in [4.78, 5) is 10.9. The van der Waals surface area contributed by atoms with E-state index in [1.165, 1.54) is 0 Å². The molecule has 2 atom stereocenters. The lowest BCUT2D eigenvalue weighted by Crippen LogP contribution is -2.17. The number of nitrogens with one attached hydrogen (secondary N) is 1. The Labute approximate surface area is 105 Å². The number of rotatable bonds is 2. The first-order valence-electron chi connectivity index (χ1n) is 6.09. The molecule has 94 valence electrons. The molecule has 4 heteroatoms. The first-order chi connectivity index (χ1) is 8.65. The van der Waals surface area contributed by atoms with Gasteiger partial charge in [0.15, 0.2) is 0 Å². The van der Waals surface area contributed by atoms with Gasteiger partial charge >= 0.3 is 5.97 Å². The van der Waals surface area contributed by atoms with Gasteiger partial charge in [-0.2, -0.15) is 0 Å². The molecule has 0 radical (unpaired) electrons. The van der Waals surface area contributed by atoms with E-state index in [9.17, 15) is 4.79 Å². The van der Waals surface area contributed by atoms with Crippen LogP contribution in [0.25, 0.3) is 11.0 Å². The zero-order valence-electron chi connectivity index (χ0n) is 10.1. The number of hydrogen-bond acceptors (Lipinski definition) is 3. The van der Waals surface area contributed by atoms with E-state index in [-0.39, 0.29) is 12.0 Å². The van der Waals surface area contributed by atoms with Crippen LogP contribution in [0, 0.1) is 12.8 Å². The predicted molar refractivity (Wildman–Crippen MR) is 67.4 cm³/mol. The summed E-state index contributed by atoms with van der Waals surface area (Å²) in [6, 6.07) is 6.18. The molecule has 1 aromatic heterocycles. The molecule has 1 saturated heterocycles. The molecule has 0 amide bonds. The molecule has 2 unspecified atom stereocenters. The second-order valence-electron chi connectivity index (χ2n) is 4.91. The summed E-state index contributed by atoms with van der Waals surface area (Å²) >= 11 is 0. The van der Waals surface area contributed by atoms with Gasteiger partial charge in [-0.25, -0.2) is 0 Å². The third kappa shape index (κ3) is 1.78. The fourth-order valence-corrected chi connectivity index (χ4v) is 2.57. The van der Waals surface area contributed by atoms with Crippen molar-refractivity contribution in [3.05, 3.63) is 35.6 Å². The van der Waals surface area contributed by atoms with Crippen LogP contribution in [0.15, 0.2) is 28.9 Å². The fourth-order valence-electron chi connectivity index (χ4n) is 2.57. The Balaban J connectivity index is 1.91. The van der Waals surface area contributed by atoms with Crippen molar-refractivity contribution in [3.8, 4) is 0 Å². The Morgan fingerprint density at radius 1 is 1.50 bits per heavy atom. The molecule has 1 fully saturated rings. The average molecular weight is 245 g/mol. The maximum absolute atomic E-state index is 10.9. The van der Waals surface area contributed by atoms with Crippen molar-refractivity contribution in [2.24, 2.45) is 5.92 Å². The molecule has 0 bridgehead atoms. The van der Waals surface area contributed by atoms with E-state index in [0.29, 0.717) is 13.0 Å². The SMILES string of the molecule is Cc1coc2ccc(C3CC(C(=O)O)CN3)cc12. The normalized spacial score (nSPS) is 23.6. The van der Waals surface area contributed by atoms with Crippen molar-refractivity contribution in [2.75, 3.05) is 6.54 Å². The van der Waals surface area contributed by atoms with Crippen molar-refractivity contribution in [1.29, 1.82) is 0 Å². The first-order valence-corrected chi connectivity index (χ1v) is 6.09. The monoisotopic (exact) mass is 245 g/mol. The van der Waals surface area contributed by atoms with E-state index in [2.05, 4.69) is 11.4 Å². The molecular weight excluding hydrogens is 230 g/mol. The summed E-state index contributed by atoms with van der Waals surface area (Å²) < 4.78 is 5.41. The molecule has 2 heterocycles. The average Bonchev–Trinajstić information content (AvgIpc) is 2.96. The minimum Gasteiger partial charge on any atom is -0.481 e. The fraction of sp³-hybridized carbons (Fsp3) is 0.357. The number of hydrogen-bond donors (Lipinski definition) is 2. The minimum absolute atomic E-state index is 0.129. The zero-order valence-corrected chi connectivity index (χ0v) is 10.1. The van der Waals surface area contributed by atoms with Crippen molar-refractivity contribution >= 4 is 16.9 Å². The standard InChI is InChI=1S/C14H15NO3/c1-8-7-18-13-3-2-9(4-11(8)13)12-5-10(6-15-12)14(16)17/h2-4,7,10,12,15H,5-6H2,1H3,(H,16,17). The van der Waals surface area contributed by atoms with Gasteiger partial charge in [0.1, 0.15) is 5.58 Å². The lowest BCUT2D eigenvalue weighted by molar-refractivity contribution is -0.141. The number of fused-ring (bicyclic) bond motifs is 1. The molecule has 0 spiro atoms. The highest BCUT2D eigenvalue weighted by molar-refractivity contribution is 5.81. The van der Waals surface area contributed by atoms with Gasteiger partial charge in [0.05, 0.1) is 12.2 Å². The van der Waals surface area contributed by atoms with Gasteiger partial charge in [-0.3, -0.25) is 4.79 Å². The minimum atomic E-state index is -0.717. The summed E-state index contributed by atoms with van der Waals surface area (Å²) in [6.07, 6.45) is 2.40. The van der Waals surface area contributed by atoms with E-state index in [1.54, 1.807) is 6.26 Å². The number of aliphatic carboxylic acids is 1. The molecule has 2 N–H and O–H groups in total. The smallest absolute Gasteiger partial charge is 0.307 e. The number of furan rings is 1. The highest BCUT2D eigenvalue weighted by atomic mass is 16.4. The van der Waals surface area contributed by atoms with Crippen molar-refractivity contribution in [3.63, 3.8) is 0 Å². The van der Waals surface area contributed by atoms with Crippen LogP contribution in [0.4, 0.5) is 0 Å². The van der Waals surface area contributed by atoms with Crippen LogP contribution < -0.4 is 5.32 Å². The quantitative estimate of drug-likeness (QED) is 0.853. The molecule has 4 nitrogen and oxygen atoms in total. The molecule has 0 aliphatic carbocycles. The van der Waals surface area contributed by atoms with Gasteiger partial charge in [-0.05, 0) is 36.6 Å². The zero-order chi connectivity index (χ0) is 12.7. The second kappa shape index (κ2) is 4.14. The van der Waals surface area contributed by atoms with E-state index >= 15 is 0 Å². The van der Waals surface area contributed by atoms with Crippen molar-refractivity contribution in [2.45, 2.75) is 19.4 Å². The van der Waals surface area contributed by atoms with Crippen LogP contribution in [-0.2, 0) is 4.79 Å². The van der Waals surface area contributed by atoms with Crippen LogP contribution in [0.2, 0.25) is 0 Å².